The summed E-state index contributed by atoms with van der Waals surface area (Å²) < 4.78 is 5.45. The minimum absolute atomic E-state index is 0.250. The number of fused-ring (bicyclic) bond motifs is 1. The lowest BCUT2D eigenvalue weighted by atomic mass is 9.81. The molecule has 0 spiro atoms. The van der Waals surface area contributed by atoms with Crippen LogP contribution in [0.4, 0.5) is 4.79 Å². The van der Waals surface area contributed by atoms with Crippen molar-refractivity contribution in [2.75, 3.05) is 0 Å². The molecule has 3 rings (SSSR count). The fraction of sp³-hybridized carbons (Fsp3) is 0.688. The maximum Gasteiger partial charge on any atom is 0.410 e. The Morgan fingerprint density at radius 3 is 2.62 bits per heavy atom. The van der Waals surface area contributed by atoms with E-state index in [1.54, 1.807) is 4.90 Å². The van der Waals surface area contributed by atoms with E-state index in [1.807, 2.05) is 20.8 Å². The molecule has 1 aliphatic heterocycles. The van der Waals surface area contributed by atoms with Crippen LogP contribution < -0.4 is 5.73 Å². The topological polar surface area (TPSA) is 71.3 Å². The van der Waals surface area contributed by atoms with Gasteiger partial charge in [0.1, 0.15) is 5.60 Å². The molecule has 3 N–H and O–H groups in total. The first-order valence-electron chi connectivity index (χ1n) is 7.79. The van der Waals surface area contributed by atoms with Crippen LogP contribution in [0.2, 0.25) is 0 Å². The third kappa shape index (κ3) is 2.67. The number of carbonyl (C=O) groups excluding carboxylic acids is 1. The Kier molecular flexibility index (Phi) is 3.48. The van der Waals surface area contributed by atoms with Crippen LogP contribution in [0, 0.1) is 0 Å². The summed E-state index contributed by atoms with van der Waals surface area (Å²) in [5, 5.41) is 0. The molecule has 5 nitrogen and oxygen atoms in total. The quantitative estimate of drug-likeness (QED) is 0.880. The van der Waals surface area contributed by atoms with Gasteiger partial charge in [0.05, 0.1) is 13.1 Å². The molecule has 1 fully saturated rings. The molecule has 0 atom stereocenters. The maximum atomic E-state index is 12.2. The minimum atomic E-state index is -0.457. The van der Waals surface area contributed by atoms with Crippen molar-refractivity contribution in [3.8, 4) is 0 Å². The summed E-state index contributed by atoms with van der Waals surface area (Å²) in [7, 11) is 0. The zero-order chi connectivity index (χ0) is 15.2. The molecule has 21 heavy (non-hydrogen) atoms. The summed E-state index contributed by atoms with van der Waals surface area (Å²) in [5.41, 5.74) is 10.4. The highest BCUT2D eigenvalue weighted by atomic mass is 16.6. The summed E-state index contributed by atoms with van der Waals surface area (Å²) in [6.07, 6.45) is 3.56. The van der Waals surface area contributed by atoms with Gasteiger partial charge in [0.25, 0.3) is 0 Å². The van der Waals surface area contributed by atoms with Crippen molar-refractivity contribution in [3.05, 3.63) is 22.5 Å². The molecule has 1 saturated carbocycles. The van der Waals surface area contributed by atoms with Gasteiger partial charge in [0.15, 0.2) is 0 Å². The van der Waals surface area contributed by atoms with Crippen molar-refractivity contribution < 1.29 is 9.53 Å². The number of amides is 1. The van der Waals surface area contributed by atoms with Gasteiger partial charge in [-0.15, -0.1) is 0 Å². The van der Waals surface area contributed by atoms with Crippen LogP contribution in [0.5, 0.6) is 0 Å². The average molecular weight is 291 g/mol. The Morgan fingerprint density at radius 2 is 2.10 bits per heavy atom. The molecular weight excluding hydrogens is 266 g/mol. The van der Waals surface area contributed by atoms with Gasteiger partial charge >= 0.3 is 6.09 Å². The molecule has 0 saturated heterocycles. The predicted octanol–water partition coefficient (Wildman–Crippen LogP) is 2.99. The van der Waals surface area contributed by atoms with Crippen LogP contribution in [0.15, 0.2) is 0 Å². The summed E-state index contributed by atoms with van der Waals surface area (Å²) in [6.45, 7) is 7.42. The van der Waals surface area contributed by atoms with Crippen LogP contribution >= 0.6 is 0 Å². The molecule has 5 heteroatoms. The molecule has 116 valence electrons. The van der Waals surface area contributed by atoms with Crippen molar-refractivity contribution in [2.45, 2.75) is 71.2 Å². The fourth-order valence-corrected chi connectivity index (χ4v) is 3.16. The van der Waals surface area contributed by atoms with E-state index in [1.165, 1.54) is 36.1 Å². The lowest BCUT2D eigenvalue weighted by Gasteiger charge is -2.27. The van der Waals surface area contributed by atoms with E-state index in [9.17, 15) is 4.79 Å². The normalized spacial score (nSPS) is 18.6. The van der Waals surface area contributed by atoms with Gasteiger partial charge in [-0.05, 0) is 50.7 Å². The SMILES string of the molecule is CC(C)(C)OC(=O)N1Cc2[nH]c(C3CCC3)c(CN)c2C1. The molecule has 1 aromatic heterocycles. The monoisotopic (exact) mass is 291 g/mol. The first kappa shape index (κ1) is 14.4. The summed E-state index contributed by atoms with van der Waals surface area (Å²) in [4.78, 5) is 17.5. The number of aromatic nitrogens is 1. The summed E-state index contributed by atoms with van der Waals surface area (Å²) in [6, 6.07) is 0. The lowest BCUT2D eigenvalue weighted by Crippen LogP contribution is -2.33. The summed E-state index contributed by atoms with van der Waals surface area (Å²) in [5.74, 6) is 0.643. The Morgan fingerprint density at radius 1 is 1.38 bits per heavy atom. The molecular formula is C16H25N3O2. The highest BCUT2D eigenvalue weighted by molar-refractivity contribution is 5.69. The Hall–Kier alpha value is -1.49. The molecule has 2 heterocycles. The Bertz CT molecular complexity index is 553. The molecule has 0 radical (unpaired) electrons. The van der Waals surface area contributed by atoms with Gasteiger partial charge in [0.2, 0.25) is 0 Å². The number of nitrogens with two attached hydrogens (primary N) is 1. The molecule has 1 amide bonds. The van der Waals surface area contributed by atoms with Gasteiger partial charge < -0.3 is 15.5 Å². The van der Waals surface area contributed by atoms with Crippen LogP contribution in [0.25, 0.3) is 0 Å². The second-order valence-electron chi connectivity index (χ2n) is 7.14. The molecule has 2 aliphatic rings. The Labute approximate surface area is 125 Å². The van der Waals surface area contributed by atoms with Crippen molar-refractivity contribution in [2.24, 2.45) is 5.73 Å². The van der Waals surface area contributed by atoms with Crippen molar-refractivity contribution in [1.29, 1.82) is 0 Å². The molecule has 0 aromatic carbocycles. The van der Waals surface area contributed by atoms with Gasteiger partial charge in [0, 0.05) is 17.9 Å². The molecule has 0 bridgehead atoms. The number of nitrogens with one attached hydrogen (secondary N) is 1. The zero-order valence-corrected chi connectivity index (χ0v) is 13.2. The smallest absolute Gasteiger partial charge is 0.410 e. The van der Waals surface area contributed by atoms with Gasteiger partial charge in [-0.2, -0.15) is 0 Å². The van der Waals surface area contributed by atoms with Crippen LogP contribution in [0.1, 0.15) is 68.5 Å². The molecule has 1 aromatic rings. The van der Waals surface area contributed by atoms with E-state index in [0.717, 1.165) is 5.69 Å². The number of ether oxygens (including phenoxy) is 1. The number of nitrogens with zero attached hydrogens (tertiary/aromatic N) is 1. The second kappa shape index (κ2) is 5.05. The van der Waals surface area contributed by atoms with Crippen molar-refractivity contribution >= 4 is 6.09 Å². The fourth-order valence-electron chi connectivity index (χ4n) is 3.16. The number of aromatic amines is 1. The number of carbonyl (C=O) groups is 1. The number of rotatable bonds is 2. The second-order valence-corrected chi connectivity index (χ2v) is 7.14. The number of hydrogen-bond acceptors (Lipinski definition) is 3. The minimum Gasteiger partial charge on any atom is -0.444 e. The van der Waals surface area contributed by atoms with E-state index in [0.29, 0.717) is 25.6 Å². The van der Waals surface area contributed by atoms with E-state index in [2.05, 4.69) is 4.98 Å². The number of H-pyrrole nitrogens is 1. The third-order valence-corrected chi connectivity index (χ3v) is 4.41. The zero-order valence-electron chi connectivity index (χ0n) is 13.2. The molecule has 1 aliphatic carbocycles. The largest absolute Gasteiger partial charge is 0.444 e. The average Bonchev–Trinajstić information content (AvgIpc) is 2.81. The van der Waals surface area contributed by atoms with E-state index in [-0.39, 0.29) is 6.09 Å². The third-order valence-electron chi connectivity index (χ3n) is 4.41. The van der Waals surface area contributed by atoms with E-state index in [4.69, 9.17) is 10.5 Å². The first-order valence-corrected chi connectivity index (χ1v) is 7.79. The van der Waals surface area contributed by atoms with Gasteiger partial charge in [-0.1, -0.05) is 6.42 Å². The molecule has 0 unspecified atom stereocenters. The highest BCUT2D eigenvalue weighted by Gasteiger charge is 2.34. The predicted molar refractivity (Wildman–Crippen MR) is 80.8 cm³/mol. The van der Waals surface area contributed by atoms with Crippen molar-refractivity contribution in [3.63, 3.8) is 0 Å². The van der Waals surface area contributed by atoms with Crippen LogP contribution in [0.3, 0.4) is 0 Å². The van der Waals surface area contributed by atoms with E-state index >= 15 is 0 Å². The number of hydrogen-bond donors (Lipinski definition) is 2. The van der Waals surface area contributed by atoms with Gasteiger partial charge in [-0.3, -0.25) is 4.90 Å². The van der Waals surface area contributed by atoms with Crippen LogP contribution in [-0.2, 0) is 24.4 Å². The van der Waals surface area contributed by atoms with Gasteiger partial charge in [-0.25, -0.2) is 4.79 Å². The summed E-state index contributed by atoms with van der Waals surface area (Å²) >= 11 is 0. The lowest BCUT2D eigenvalue weighted by molar-refractivity contribution is 0.0239. The highest BCUT2D eigenvalue weighted by Crippen LogP contribution is 2.41. The van der Waals surface area contributed by atoms with E-state index < -0.39 is 5.60 Å². The van der Waals surface area contributed by atoms with Crippen LogP contribution in [-0.4, -0.2) is 21.6 Å². The first-order chi connectivity index (χ1) is 9.89. The maximum absolute atomic E-state index is 12.2. The Balaban J connectivity index is 1.76. The standard InChI is InChI=1S/C16H25N3O2/c1-16(2,3)21-15(20)19-8-12-11(7-17)14(10-5-4-6-10)18-13(12)9-19/h10,18H,4-9,17H2,1-3H3. The van der Waals surface area contributed by atoms with Crippen molar-refractivity contribution in [1.82, 2.24) is 9.88 Å².